The van der Waals surface area contributed by atoms with Gasteiger partial charge >= 0.3 is 0 Å². The number of ether oxygens (including phenoxy) is 1. The standard InChI is InChI=1S/C16H18N4O3/c1-12-18-15(23-19-12)16(21)6-7-20(11-16)8-9-22-14-4-2-13(10-17)3-5-14/h2-5,21H,6-9,11H2,1H3. The quantitative estimate of drug-likeness (QED) is 0.886. The van der Waals surface area contributed by atoms with E-state index in [4.69, 9.17) is 14.5 Å². The van der Waals surface area contributed by atoms with Gasteiger partial charge < -0.3 is 14.4 Å². The Labute approximate surface area is 134 Å². The highest BCUT2D eigenvalue weighted by Crippen LogP contribution is 2.30. The van der Waals surface area contributed by atoms with Crippen LogP contribution in [0.3, 0.4) is 0 Å². The zero-order valence-electron chi connectivity index (χ0n) is 12.9. The fourth-order valence-electron chi connectivity index (χ4n) is 2.64. The van der Waals surface area contributed by atoms with Crippen LogP contribution in [0.15, 0.2) is 28.8 Å². The zero-order chi connectivity index (χ0) is 16.3. The molecule has 0 amide bonds. The lowest BCUT2D eigenvalue weighted by molar-refractivity contribution is 0.0129. The van der Waals surface area contributed by atoms with Crippen molar-refractivity contribution in [3.8, 4) is 11.8 Å². The maximum atomic E-state index is 10.6. The van der Waals surface area contributed by atoms with Crippen LogP contribution >= 0.6 is 0 Å². The number of aromatic nitrogens is 2. The number of aryl methyl sites for hydroxylation is 1. The molecule has 0 radical (unpaired) electrons. The van der Waals surface area contributed by atoms with Crippen LogP contribution < -0.4 is 4.74 Å². The minimum absolute atomic E-state index is 0.283. The topological polar surface area (TPSA) is 95.4 Å². The lowest BCUT2D eigenvalue weighted by Gasteiger charge is -2.19. The Kier molecular flexibility index (Phi) is 4.28. The molecule has 1 aliphatic rings. The number of likely N-dealkylation sites (tertiary alicyclic amines) is 1. The second-order valence-electron chi connectivity index (χ2n) is 5.69. The molecule has 23 heavy (non-hydrogen) atoms. The van der Waals surface area contributed by atoms with Crippen LogP contribution in [0.2, 0.25) is 0 Å². The highest BCUT2D eigenvalue weighted by atomic mass is 16.5. The van der Waals surface area contributed by atoms with Gasteiger partial charge in [0.2, 0.25) is 0 Å². The Hall–Kier alpha value is -2.43. The normalized spacial score (nSPS) is 21.3. The summed E-state index contributed by atoms with van der Waals surface area (Å²) in [6.07, 6.45) is 0.561. The van der Waals surface area contributed by atoms with Crippen LogP contribution in [0, 0.1) is 18.3 Å². The van der Waals surface area contributed by atoms with Crippen LogP contribution in [0.5, 0.6) is 5.75 Å². The van der Waals surface area contributed by atoms with Crippen LogP contribution in [0.4, 0.5) is 0 Å². The fraction of sp³-hybridized carbons (Fsp3) is 0.438. The first-order chi connectivity index (χ1) is 11.1. The molecule has 1 fully saturated rings. The number of hydrogen-bond acceptors (Lipinski definition) is 7. The summed E-state index contributed by atoms with van der Waals surface area (Å²) in [7, 11) is 0. The van der Waals surface area contributed by atoms with Gasteiger partial charge in [0.15, 0.2) is 11.4 Å². The van der Waals surface area contributed by atoms with E-state index >= 15 is 0 Å². The highest BCUT2D eigenvalue weighted by Gasteiger charge is 2.42. The van der Waals surface area contributed by atoms with E-state index in [1.807, 2.05) is 0 Å². The fourth-order valence-corrected chi connectivity index (χ4v) is 2.64. The predicted molar refractivity (Wildman–Crippen MR) is 80.6 cm³/mol. The molecule has 1 atom stereocenters. The van der Waals surface area contributed by atoms with E-state index in [0.717, 1.165) is 12.3 Å². The van der Waals surface area contributed by atoms with Crippen LogP contribution in [-0.4, -0.2) is 46.4 Å². The van der Waals surface area contributed by atoms with Crippen molar-refractivity contribution in [2.24, 2.45) is 0 Å². The van der Waals surface area contributed by atoms with E-state index in [1.165, 1.54) is 0 Å². The summed E-state index contributed by atoms with van der Waals surface area (Å²) in [6.45, 7) is 4.12. The summed E-state index contributed by atoms with van der Waals surface area (Å²) in [6, 6.07) is 9.07. The summed E-state index contributed by atoms with van der Waals surface area (Å²) in [5, 5.41) is 23.1. The largest absolute Gasteiger partial charge is 0.492 e. The van der Waals surface area contributed by atoms with Crippen molar-refractivity contribution >= 4 is 0 Å². The number of benzene rings is 1. The van der Waals surface area contributed by atoms with E-state index in [9.17, 15) is 5.11 Å². The molecule has 1 aromatic carbocycles. The third kappa shape index (κ3) is 3.50. The minimum Gasteiger partial charge on any atom is -0.492 e. The van der Waals surface area contributed by atoms with Gasteiger partial charge in [-0.15, -0.1) is 0 Å². The SMILES string of the molecule is Cc1noc(C2(O)CCN(CCOc3ccc(C#N)cc3)C2)n1. The smallest absolute Gasteiger partial charge is 0.259 e. The molecule has 0 bridgehead atoms. The van der Waals surface area contributed by atoms with Crippen LogP contribution in [0.1, 0.15) is 23.7 Å². The van der Waals surface area contributed by atoms with Crippen molar-refractivity contribution in [2.75, 3.05) is 26.2 Å². The van der Waals surface area contributed by atoms with Crippen molar-refractivity contribution in [1.29, 1.82) is 5.26 Å². The molecule has 1 aliphatic heterocycles. The number of nitriles is 1. The van der Waals surface area contributed by atoms with Gasteiger partial charge in [-0.3, -0.25) is 4.90 Å². The van der Waals surface area contributed by atoms with E-state index in [-0.39, 0.29) is 5.89 Å². The first kappa shape index (κ1) is 15.5. The molecule has 7 heteroatoms. The summed E-state index contributed by atoms with van der Waals surface area (Å²) in [4.78, 5) is 6.23. The second kappa shape index (κ2) is 6.36. The van der Waals surface area contributed by atoms with Crippen molar-refractivity contribution in [3.05, 3.63) is 41.5 Å². The summed E-state index contributed by atoms with van der Waals surface area (Å²) in [5.74, 6) is 1.53. The number of aliphatic hydroxyl groups is 1. The van der Waals surface area contributed by atoms with Crippen molar-refractivity contribution in [2.45, 2.75) is 18.9 Å². The molecule has 2 heterocycles. The summed E-state index contributed by atoms with van der Waals surface area (Å²) >= 11 is 0. The summed E-state index contributed by atoms with van der Waals surface area (Å²) < 4.78 is 10.8. The lowest BCUT2D eigenvalue weighted by atomic mass is 10.0. The first-order valence-corrected chi connectivity index (χ1v) is 7.47. The molecule has 0 aliphatic carbocycles. The molecule has 120 valence electrons. The molecular weight excluding hydrogens is 296 g/mol. The maximum Gasteiger partial charge on any atom is 0.259 e. The third-order valence-corrected chi connectivity index (χ3v) is 3.91. The predicted octanol–water partition coefficient (Wildman–Crippen LogP) is 1.22. The lowest BCUT2D eigenvalue weighted by Crippen LogP contribution is -2.33. The Morgan fingerprint density at radius 2 is 2.22 bits per heavy atom. The third-order valence-electron chi connectivity index (χ3n) is 3.91. The van der Waals surface area contributed by atoms with E-state index in [2.05, 4.69) is 21.1 Å². The van der Waals surface area contributed by atoms with Gasteiger partial charge in [-0.25, -0.2) is 0 Å². The number of nitrogens with zero attached hydrogens (tertiary/aromatic N) is 4. The molecular formula is C16H18N4O3. The van der Waals surface area contributed by atoms with E-state index < -0.39 is 5.60 Å². The molecule has 1 N–H and O–H groups in total. The monoisotopic (exact) mass is 314 g/mol. The Morgan fingerprint density at radius 3 is 2.87 bits per heavy atom. The first-order valence-electron chi connectivity index (χ1n) is 7.47. The molecule has 1 unspecified atom stereocenters. The second-order valence-corrected chi connectivity index (χ2v) is 5.69. The van der Waals surface area contributed by atoms with Gasteiger partial charge in [0.1, 0.15) is 12.4 Å². The van der Waals surface area contributed by atoms with E-state index in [0.29, 0.717) is 37.5 Å². The molecule has 1 aromatic heterocycles. The summed E-state index contributed by atoms with van der Waals surface area (Å²) in [5.41, 5.74) is -0.466. The average Bonchev–Trinajstić information content (AvgIpc) is 3.15. The van der Waals surface area contributed by atoms with E-state index in [1.54, 1.807) is 31.2 Å². The van der Waals surface area contributed by atoms with Crippen molar-refractivity contribution in [3.63, 3.8) is 0 Å². The molecule has 7 nitrogen and oxygen atoms in total. The van der Waals surface area contributed by atoms with Gasteiger partial charge in [0.25, 0.3) is 5.89 Å². The molecule has 2 aromatic rings. The van der Waals surface area contributed by atoms with Crippen molar-refractivity contribution < 1.29 is 14.4 Å². The molecule has 1 saturated heterocycles. The van der Waals surface area contributed by atoms with Gasteiger partial charge in [0.05, 0.1) is 11.6 Å². The van der Waals surface area contributed by atoms with Gasteiger partial charge in [-0.2, -0.15) is 10.2 Å². The van der Waals surface area contributed by atoms with Crippen LogP contribution in [0.25, 0.3) is 0 Å². The van der Waals surface area contributed by atoms with Gasteiger partial charge in [-0.1, -0.05) is 5.16 Å². The maximum absolute atomic E-state index is 10.6. The zero-order valence-corrected chi connectivity index (χ0v) is 12.9. The van der Waals surface area contributed by atoms with Gasteiger partial charge in [0, 0.05) is 19.6 Å². The number of β-amino-alcohol motifs (C(OH)–C–C–N with tert-alkyl or cyclic N) is 1. The Bertz CT molecular complexity index is 707. The highest BCUT2D eigenvalue weighted by molar-refractivity contribution is 5.34. The van der Waals surface area contributed by atoms with Crippen LogP contribution in [-0.2, 0) is 5.60 Å². The molecule has 0 saturated carbocycles. The number of rotatable bonds is 5. The average molecular weight is 314 g/mol. The minimum atomic E-state index is -1.07. The number of hydrogen-bond donors (Lipinski definition) is 1. The molecule has 3 rings (SSSR count). The Morgan fingerprint density at radius 1 is 1.43 bits per heavy atom. The molecule has 0 spiro atoms. The Balaban J connectivity index is 1.49. The van der Waals surface area contributed by atoms with Crippen molar-refractivity contribution in [1.82, 2.24) is 15.0 Å². The van der Waals surface area contributed by atoms with Gasteiger partial charge in [-0.05, 0) is 37.6 Å².